The van der Waals surface area contributed by atoms with E-state index in [4.69, 9.17) is 9.97 Å². The van der Waals surface area contributed by atoms with Gasteiger partial charge in [0.1, 0.15) is 17.2 Å². The second-order valence-corrected chi connectivity index (χ2v) is 7.81. The van der Waals surface area contributed by atoms with Gasteiger partial charge in [0.25, 0.3) is 5.56 Å². The van der Waals surface area contributed by atoms with Gasteiger partial charge in [-0.2, -0.15) is 9.78 Å². The molecule has 0 saturated carbocycles. The van der Waals surface area contributed by atoms with Gasteiger partial charge in [-0.15, -0.1) is 0 Å². The molecule has 0 bridgehead atoms. The van der Waals surface area contributed by atoms with Crippen LogP contribution < -0.4 is 5.56 Å². The van der Waals surface area contributed by atoms with Crippen molar-refractivity contribution in [3.8, 4) is 5.69 Å². The Kier molecular flexibility index (Phi) is 4.33. The van der Waals surface area contributed by atoms with E-state index >= 15 is 0 Å². The Morgan fingerprint density at radius 3 is 2.39 bits per heavy atom. The summed E-state index contributed by atoms with van der Waals surface area (Å²) in [6, 6.07) is 25.0. The highest BCUT2D eigenvalue weighted by Gasteiger charge is 2.20. The molecule has 7 heteroatoms. The number of benzene rings is 3. The summed E-state index contributed by atoms with van der Waals surface area (Å²) in [6.45, 7) is 2.03. The highest BCUT2D eigenvalue weighted by molar-refractivity contribution is 6.05. The second-order valence-electron chi connectivity index (χ2n) is 7.81. The molecule has 6 aromatic rings. The molecule has 0 atom stereocenters. The van der Waals surface area contributed by atoms with Crippen LogP contribution >= 0.6 is 0 Å². The standard InChI is InChI=1S/C26H18N6O/c1-17-8-7-9-18(14-17)15-28-32-24-22(23-25(32)30-21-13-6-5-12-20(21)29-23)26(33)31(16-27-24)19-10-3-2-4-11-19/h2-16H,1H3/b28-15+. The fourth-order valence-electron chi connectivity index (χ4n) is 3.98. The molecule has 3 heterocycles. The largest absolute Gasteiger partial charge is 0.269 e. The van der Waals surface area contributed by atoms with E-state index in [0.29, 0.717) is 27.7 Å². The summed E-state index contributed by atoms with van der Waals surface area (Å²) in [7, 11) is 0. The van der Waals surface area contributed by atoms with Crippen LogP contribution in [0.15, 0.2) is 95.1 Å². The van der Waals surface area contributed by atoms with E-state index in [1.807, 2.05) is 85.8 Å². The lowest BCUT2D eigenvalue weighted by molar-refractivity contribution is 0.906. The highest BCUT2D eigenvalue weighted by Crippen LogP contribution is 2.25. The molecule has 0 radical (unpaired) electrons. The summed E-state index contributed by atoms with van der Waals surface area (Å²) >= 11 is 0. The van der Waals surface area contributed by atoms with Gasteiger partial charge >= 0.3 is 0 Å². The molecule has 0 N–H and O–H groups in total. The second kappa shape index (κ2) is 7.49. The van der Waals surface area contributed by atoms with Gasteiger partial charge < -0.3 is 0 Å². The van der Waals surface area contributed by atoms with Crippen molar-refractivity contribution in [1.29, 1.82) is 0 Å². The van der Waals surface area contributed by atoms with Crippen molar-refractivity contribution in [1.82, 2.24) is 24.2 Å². The summed E-state index contributed by atoms with van der Waals surface area (Å²) in [5, 5.41) is 5.05. The van der Waals surface area contributed by atoms with Crippen LogP contribution in [0.2, 0.25) is 0 Å². The van der Waals surface area contributed by atoms with E-state index in [-0.39, 0.29) is 5.56 Å². The molecule has 0 spiro atoms. The van der Waals surface area contributed by atoms with Gasteiger partial charge in [0.15, 0.2) is 11.3 Å². The third kappa shape index (κ3) is 3.18. The third-order valence-electron chi connectivity index (χ3n) is 5.54. The molecule has 3 aromatic heterocycles. The maximum absolute atomic E-state index is 13.6. The molecule has 0 unspecified atom stereocenters. The predicted octanol–water partition coefficient (Wildman–Crippen LogP) is 4.47. The lowest BCUT2D eigenvalue weighted by Gasteiger charge is -2.05. The SMILES string of the molecule is Cc1cccc(/C=N/n2c3nc4ccccc4nc3c3c(=O)n(-c4ccccc4)cnc32)c1. The normalized spacial score (nSPS) is 11.8. The molecule has 158 valence electrons. The average Bonchev–Trinajstić information content (AvgIpc) is 3.15. The first-order valence-corrected chi connectivity index (χ1v) is 10.5. The smallest absolute Gasteiger partial charge is 0.268 e. The van der Waals surface area contributed by atoms with E-state index in [1.54, 1.807) is 10.9 Å². The molecular formula is C26H18N6O. The molecule has 6 rings (SSSR count). The van der Waals surface area contributed by atoms with Gasteiger partial charge in [0.05, 0.1) is 22.9 Å². The monoisotopic (exact) mass is 430 g/mol. The summed E-state index contributed by atoms with van der Waals surface area (Å²) in [6.07, 6.45) is 3.27. The molecule has 0 fully saturated rings. The summed E-state index contributed by atoms with van der Waals surface area (Å²) in [5.41, 5.74) is 5.41. The van der Waals surface area contributed by atoms with Crippen LogP contribution in [0.25, 0.3) is 38.9 Å². The first-order chi connectivity index (χ1) is 16.2. The molecule has 0 amide bonds. The Hall–Kier alpha value is -4.65. The zero-order chi connectivity index (χ0) is 22.4. The first kappa shape index (κ1) is 19.1. The summed E-state index contributed by atoms with van der Waals surface area (Å²) < 4.78 is 3.12. The minimum absolute atomic E-state index is 0.217. The quantitative estimate of drug-likeness (QED) is 0.388. The van der Waals surface area contributed by atoms with Crippen molar-refractivity contribution in [3.05, 3.63) is 107 Å². The Morgan fingerprint density at radius 2 is 1.61 bits per heavy atom. The number of nitrogens with zero attached hydrogens (tertiary/aromatic N) is 6. The molecule has 0 saturated heterocycles. The van der Waals surface area contributed by atoms with Gasteiger partial charge in [0.2, 0.25) is 0 Å². The zero-order valence-corrected chi connectivity index (χ0v) is 17.8. The van der Waals surface area contributed by atoms with E-state index < -0.39 is 0 Å². The maximum Gasteiger partial charge on any atom is 0.269 e. The van der Waals surface area contributed by atoms with E-state index in [1.165, 1.54) is 10.9 Å². The molecule has 7 nitrogen and oxygen atoms in total. The van der Waals surface area contributed by atoms with E-state index in [9.17, 15) is 4.79 Å². The molecule has 0 aliphatic carbocycles. The van der Waals surface area contributed by atoms with Gasteiger partial charge in [0, 0.05) is 0 Å². The van der Waals surface area contributed by atoms with Crippen LogP contribution in [0.4, 0.5) is 0 Å². The fraction of sp³-hybridized carbons (Fsp3) is 0.0385. The number of hydrogen-bond donors (Lipinski definition) is 0. The Balaban J connectivity index is 1.68. The number of rotatable bonds is 3. The highest BCUT2D eigenvalue weighted by atomic mass is 16.1. The van der Waals surface area contributed by atoms with Crippen LogP contribution in [0.3, 0.4) is 0 Å². The minimum atomic E-state index is -0.217. The van der Waals surface area contributed by atoms with Crippen molar-refractivity contribution in [2.24, 2.45) is 5.10 Å². The third-order valence-corrected chi connectivity index (χ3v) is 5.54. The van der Waals surface area contributed by atoms with E-state index in [0.717, 1.165) is 22.3 Å². The minimum Gasteiger partial charge on any atom is -0.268 e. The maximum atomic E-state index is 13.6. The average molecular weight is 430 g/mol. The van der Waals surface area contributed by atoms with Crippen molar-refractivity contribution < 1.29 is 0 Å². The number of hydrogen-bond acceptors (Lipinski definition) is 5. The predicted molar refractivity (Wildman–Crippen MR) is 130 cm³/mol. The number of aryl methyl sites for hydroxylation is 1. The molecule has 33 heavy (non-hydrogen) atoms. The van der Waals surface area contributed by atoms with E-state index in [2.05, 4.69) is 10.1 Å². The molecule has 3 aromatic carbocycles. The molecular weight excluding hydrogens is 412 g/mol. The van der Waals surface area contributed by atoms with Crippen molar-refractivity contribution >= 4 is 39.4 Å². The fourth-order valence-corrected chi connectivity index (χ4v) is 3.98. The van der Waals surface area contributed by atoms with Crippen LogP contribution in [-0.4, -0.2) is 30.4 Å². The van der Waals surface area contributed by atoms with Crippen molar-refractivity contribution in [2.75, 3.05) is 0 Å². The Bertz CT molecular complexity index is 1750. The lowest BCUT2D eigenvalue weighted by Crippen LogP contribution is -2.18. The number of fused-ring (bicyclic) bond motifs is 4. The van der Waals surface area contributed by atoms with Gasteiger partial charge in [-0.1, -0.05) is 60.2 Å². The van der Waals surface area contributed by atoms with Crippen molar-refractivity contribution in [3.63, 3.8) is 0 Å². The Morgan fingerprint density at radius 1 is 0.848 bits per heavy atom. The zero-order valence-electron chi connectivity index (χ0n) is 17.8. The topological polar surface area (TPSA) is 78.0 Å². The molecule has 0 aliphatic heterocycles. The van der Waals surface area contributed by atoms with Gasteiger partial charge in [-0.25, -0.2) is 15.0 Å². The Labute approximate surface area is 188 Å². The van der Waals surface area contributed by atoms with Crippen LogP contribution in [-0.2, 0) is 0 Å². The summed E-state index contributed by atoms with van der Waals surface area (Å²) in [5.74, 6) is 0. The number of para-hydroxylation sites is 3. The van der Waals surface area contributed by atoms with Crippen LogP contribution in [0.1, 0.15) is 11.1 Å². The number of aromatic nitrogens is 5. The van der Waals surface area contributed by atoms with Crippen LogP contribution in [0, 0.1) is 6.92 Å². The first-order valence-electron chi connectivity index (χ1n) is 10.5. The van der Waals surface area contributed by atoms with Crippen LogP contribution in [0.5, 0.6) is 0 Å². The lowest BCUT2D eigenvalue weighted by atomic mass is 10.2. The van der Waals surface area contributed by atoms with Crippen molar-refractivity contribution in [2.45, 2.75) is 6.92 Å². The summed E-state index contributed by atoms with van der Waals surface area (Å²) in [4.78, 5) is 27.8. The molecule has 0 aliphatic rings. The van der Waals surface area contributed by atoms with Gasteiger partial charge in [-0.05, 0) is 36.8 Å². The van der Waals surface area contributed by atoms with Gasteiger partial charge in [-0.3, -0.25) is 9.36 Å².